The Kier molecular flexibility index (Phi) is 5.63. The van der Waals surface area contributed by atoms with Crippen LogP contribution in [0.5, 0.6) is 5.75 Å². The molecule has 2 aromatic carbocycles. The van der Waals surface area contributed by atoms with E-state index in [1.165, 1.54) is 13.2 Å². The van der Waals surface area contributed by atoms with Crippen LogP contribution in [0.15, 0.2) is 42.5 Å². The first-order valence-corrected chi connectivity index (χ1v) is 6.00. The number of benzene rings is 2. The minimum absolute atomic E-state index is 0. The summed E-state index contributed by atoms with van der Waals surface area (Å²) < 4.78 is 43.2. The van der Waals surface area contributed by atoms with Gasteiger partial charge in [0.1, 0.15) is 5.75 Å². The van der Waals surface area contributed by atoms with Crippen LogP contribution in [0.1, 0.15) is 11.1 Å². The summed E-state index contributed by atoms with van der Waals surface area (Å²) in [6.45, 7) is 0.0382. The number of alkyl halides is 3. The highest BCUT2D eigenvalue weighted by molar-refractivity contribution is 5.85. The third-order valence-electron chi connectivity index (χ3n) is 3.03. The lowest BCUT2D eigenvalue weighted by molar-refractivity contribution is -0.137. The Morgan fingerprint density at radius 1 is 1.10 bits per heavy atom. The Hall–Kier alpha value is -1.72. The van der Waals surface area contributed by atoms with Crippen molar-refractivity contribution >= 4 is 12.4 Å². The van der Waals surface area contributed by atoms with Crippen molar-refractivity contribution in [1.29, 1.82) is 0 Å². The molecule has 0 saturated heterocycles. The van der Waals surface area contributed by atoms with Crippen molar-refractivity contribution in [1.82, 2.24) is 0 Å². The molecule has 2 nitrogen and oxygen atoms in total. The molecule has 0 fully saturated rings. The zero-order valence-corrected chi connectivity index (χ0v) is 12.1. The van der Waals surface area contributed by atoms with E-state index in [1.54, 1.807) is 18.2 Å². The van der Waals surface area contributed by atoms with Gasteiger partial charge in [0.15, 0.2) is 0 Å². The first-order chi connectivity index (χ1) is 9.45. The maximum atomic E-state index is 12.7. The molecule has 0 spiro atoms. The van der Waals surface area contributed by atoms with Gasteiger partial charge in [-0.1, -0.05) is 18.2 Å². The smallest absolute Gasteiger partial charge is 0.416 e. The summed E-state index contributed by atoms with van der Waals surface area (Å²) in [5.74, 6) is 0.644. The molecule has 0 amide bonds. The monoisotopic (exact) mass is 317 g/mol. The summed E-state index contributed by atoms with van der Waals surface area (Å²) in [5, 5.41) is 0. The fourth-order valence-corrected chi connectivity index (χ4v) is 2.01. The molecule has 0 radical (unpaired) electrons. The van der Waals surface area contributed by atoms with Crippen molar-refractivity contribution in [3.63, 3.8) is 0 Å². The van der Waals surface area contributed by atoms with Crippen molar-refractivity contribution < 1.29 is 17.9 Å². The molecule has 0 bridgehead atoms. The highest BCUT2D eigenvalue weighted by Gasteiger charge is 2.30. The molecular formula is C15H15ClF3NO. The highest BCUT2D eigenvalue weighted by Crippen LogP contribution is 2.34. The normalized spacial score (nSPS) is 10.9. The predicted octanol–water partition coefficient (Wildman–Crippen LogP) is 4.26. The molecule has 0 heterocycles. The Morgan fingerprint density at radius 3 is 2.38 bits per heavy atom. The topological polar surface area (TPSA) is 35.2 Å². The van der Waals surface area contributed by atoms with E-state index in [0.29, 0.717) is 16.9 Å². The van der Waals surface area contributed by atoms with Gasteiger partial charge in [-0.05, 0) is 41.0 Å². The SMILES string of the molecule is COc1cccc(-c2ccc(C(F)(F)F)cc2CN)c1.Cl. The number of ether oxygens (including phenoxy) is 1. The summed E-state index contributed by atoms with van der Waals surface area (Å²) >= 11 is 0. The van der Waals surface area contributed by atoms with Gasteiger partial charge in [0.05, 0.1) is 12.7 Å². The molecule has 21 heavy (non-hydrogen) atoms. The first-order valence-electron chi connectivity index (χ1n) is 6.00. The summed E-state index contributed by atoms with van der Waals surface area (Å²) in [5.41, 5.74) is 6.79. The minimum atomic E-state index is -4.36. The predicted molar refractivity (Wildman–Crippen MR) is 78.6 cm³/mol. The van der Waals surface area contributed by atoms with Crippen LogP contribution in [0.2, 0.25) is 0 Å². The molecule has 0 saturated carbocycles. The Labute approximate surface area is 127 Å². The third-order valence-corrected chi connectivity index (χ3v) is 3.03. The van der Waals surface area contributed by atoms with Crippen molar-refractivity contribution in [2.45, 2.75) is 12.7 Å². The molecule has 2 N–H and O–H groups in total. The molecule has 0 atom stereocenters. The lowest BCUT2D eigenvalue weighted by atomic mass is 9.97. The van der Waals surface area contributed by atoms with Crippen LogP contribution in [0.25, 0.3) is 11.1 Å². The molecule has 0 aliphatic carbocycles. The number of methoxy groups -OCH3 is 1. The van der Waals surface area contributed by atoms with Crippen molar-refractivity contribution in [3.8, 4) is 16.9 Å². The Morgan fingerprint density at radius 2 is 1.81 bits per heavy atom. The minimum Gasteiger partial charge on any atom is -0.497 e. The van der Waals surface area contributed by atoms with Crippen LogP contribution in [0, 0.1) is 0 Å². The van der Waals surface area contributed by atoms with Crippen molar-refractivity contribution in [2.75, 3.05) is 7.11 Å². The molecule has 6 heteroatoms. The number of nitrogens with two attached hydrogens (primary N) is 1. The van der Waals surface area contributed by atoms with Crippen LogP contribution < -0.4 is 10.5 Å². The highest BCUT2D eigenvalue weighted by atomic mass is 35.5. The molecule has 114 valence electrons. The van der Waals surface area contributed by atoms with E-state index in [-0.39, 0.29) is 19.0 Å². The third kappa shape index (κ3) is 3.89. The van der Waals surface area contributed by atoms with Crippen LogP contribution >= 0.6 is 12.4 Å². The van der Waals surface area contributed by atoms with E-state index in [0.717, 1.165) is 17.7 Å². The van der Waals surface area contributed by atoms with Gasteiger partial charge in [0.25, 0.3) is 0 Å². The van der Waals surface area contributed by atoms with Crippen LogP contribution in [0.4, 0.5) is 13.2 Å². The van der Waals surface area contributed by atoms with Gasteiger partial charge < -0.3 is 10.5 Å². The average molecular weight is 318 g/mol. The maximum absolute atomic E-state index is 12.7. The number of hydrogen-bond donors (Lipinski definition) is 1. The molecule has 0 unspecified atom stereocenters. The Balaban J connectivity index is 0.00000220. The van der Waals surface area contributed by atoms with E-state index in [2.05, 4.69) is 0 Å². The van der Waals surface area contributed by atoms with Crippen molar-refractivity contribution in [2.24, 2.45) is 5.73 Å². The standard InChI is InChI=1S/C15H14F3NO.ClH/c1-20-13-4-2-3-10(8-13)14-6-5-12(15(16,17)18)7-11(14)9-19;/h2-8H,9,19H2,1H3;1H. The van der Waals surface area contributed by atoms with Gasteiger partial charge in [-0.2, -0.15) is 13.2 Å². The maximum Gasteiger partial charge on any atom is 0.416 e. The molecule has 2 rings (SSSR count). The van der Waals surface area contributed by atoms with Crippen molar-refractivity contribution in [3.05, 3.63) is 53.6 Å². The van der Waals surface area contributed by atoms with Gasteiger partial charge in [-0.25, -0.2) is 0 Å². The number of halogens is 4. The fourth-order valence-electron chi connectivity index (χ4n) is 2.01. The molecular weight excluding hydrogens is 303 g/mol. The second-order valence-corrected chi connectivity index (χ2v) is 4.31. The van der Waals surface area contributed by atoms with Gasteiger partial charge >= 0.3 is 6.18 Å². The van der Waals surface area contributed by atoms with Crippen LogP contribution in [0.3, 0.4) is 0 Å². The lowest BCUT2D eigenvalue weighted by Crippen LogP contribution is -2.08. The first kappa shape index (κ1) is 17.3. The van der Waals surface area contributed by atoms with Crippen LogP contribution in [-0.2, 0) is 12.7 Å². The average Bonchev–Trinajstić information content (AvgIpc) is 2.45. The largest absolute Gasteiger partial charge is 0.497 e. The summed E-state index contributed by atoms with van der Waals surface area (Å²) in [4.78, 5) is 0. The van der Waals surface area contributed by atoms with Gasteiger partial charge in [0, 0.05) is 6.54 Å². The molecule has 2 aromatic rings. The number of rotatable bonds is 3. The van der Waals surface area contributed by atoms with E-state index in [1.807, 2.05) is 6.07 Å². The summed E-state index contributed by atoms with van der Waals surface area (Å²) in [7, 11) is 1.54. The van der Waals surface area contributed by atoms with E-state index < -0.39 is 11.7 Å². The fraction of sp³-hybridized carbons (Fsp3) is 0.200. The summed E-state index contributed by atoms with van der Waals surface area (Å²) in [6.07, 6.45) is -4.36. The molecule has 0 aliphatic rings. The van der Waals surface area contributed by atoms with E-state index in [4.69, 9.17) is 10.5 Å². The lowest BCUT2D eigenvalue weighted by Gasteiger charge is -2.13. The summed E-state index contributed by atoms with van der Waals surface area (Å²) in [6, 6.07) is 10.7. The number of hydrogen-bond acceptors (Lipinski definition) is 2. The van der Waals surface area contributed by atoms with Gasteiger partial charge in [-0.3, -0.25) is 0 Å². The van der Waals surface area contributed by atoms with Gasteiger partial charge in [0.2, 0.25) is 0 Å². The zero-order chi connectivity index (χ0) is 14.8. The quantitative estimate of drug-likeness (QED) is 0.918. The van der Waals surface area contributed by atoms with Gasteiger partial charge in [-0.15, -0.1) is 12.4 Å². The Bertz CT molecular complexity index is 614. The molecule has 0 aliphatic heterocycles. The van der Waals surface area contributed by atoms with E-state index >= 15 is 0 Å². The second-order valence-electron chi connectivity index (χ2n) is 4.31. The van der Waals surface area contributed by atoms with E-state index in [9.17, 15) is 13.2 Å². The zero-order valence-electron chi connectivity index (χ0n) is 11.3. The van der Waals surface area contributed by atoms with Crippen LogP contribution in [-0.4, -0.2) is 7.11 Å². The second kappa shape index (κ2) is 6.83. The molecule has 0 aromatic heterocycles.